The first-order chi connectivity index (χ1) is 12.7. The van der Waals surface area contributed by atoms with Crippen LogP contribution in [0.5, 0.6) is 0 Å². The number of carbonyl (C=O) groups is 2. The lowest BCUT2D eigenvalue weighted by Crippen LogP contribution is -3.12. The van der Waals surface area contributed by atoms with Gasteiger partial charge in [0.1, 0.15) is 23.9 Å². The SMILES string of the molecule is O=C1[C@@H]2[C@H](C(=O)N1c1ccccc1)[C@@H](c1ccc(Br)cc1)[NH+]1CCC[C@H]21. The van der Waals surface area contributed by atoms with Crippen LogP contribution in [0, 0.1) is 11.8 Å². The Balaban J connectivity index is 1.59. The van der Waals surface area contributed by atoms with Crippen LogP contribution in [0.4, 0.5) is 5.69 Å². The number of amides is 2. The van der Waals surface area contributed by atoms with Crippen LogP contribution in [0.3, 0.4) is 0 Å². The fourth-order valence-corrected chi connectivity index (χ4v) is 5.60. The lowest BCUT2D eigenvalue weighted by Gasteiger charge is -2.26. The number of nitrogens with zero attached hydrogens (tertiary/aromatic N) is 1. The number of para-hydroxylation sites is 1. The van der Waals surface area contributed by atoms with Gasteiger partial charge in [-0.05, 0) is 24.3 Å². The number of nitrogens with one attached hydrogen (secondary N) is 1. The summed E-state index contributed by atoms with van der Waals surface area (Å²) in [6.07, 6.45) is 2.16. The van der Waals surface area contributed by atoms with Gasteiger partial charge in [0.2, 0.25) is 11.8 Å². The fraction of sp³-hybridized carbons (Fsp3) is 0.333. The van der Waals surface area contributed by atoms with E-state index in [1.807, 2.05) is 42.5 Å². The third-order valence-corrected chi connectivity index (χ3v) is 6.82. The number of hydrogen-bond donors (Lipinski definition) is 1. The number of halogens is 1. The molecule has 3 heterocycles. The molecule has 0 bridgehead atoms. The van der Waals surface area contributed by atoms with Crippen molar-refractivity contribution >= 4 is 33.4 Å². The Morgan fingerprint density at radius 2 is 1.62 bits per heavy atom. The average molecular weight is 412 g/mol. The summed E-state index contributed by atoms with van der Waals surface area (Å²) < 4.78 is 1.03. The molecule has 3 fully saturated rings. The summed E-state index contributed by atoms with van der Waals surface area (Å²) in [6, 6.07) is 18.0. The van der Waals surface area contributed by atoms with E-state index in [-0.39, 0.29) is 35.7 Å². The van der Waals surface area contributed by atoms with Gasteiger partial charge in [0, 0.05) is 22.9 Å². The quantitative estimate of drug-likeness (QED) is 0.770. The number of anilines is 1. The van der Waals surface area contributed by atoms with Crippen LogP contribution in [0.2, 0.25) is 0 Å². The van der Waals surface area contributed by atoms with E-state index >= 15 is 0 Å². The smallest absolute Gasteiger partial charge is 0.244 e. The highest BCUT2D eigenvalue weighted by atomic mass is 79.9. The van der Waals surface area contributed by atoms with Gasteiger partial charge in [-0.15, -0.1) is 0 Å². The van der Waals surface area contributed by atoms with Crippen LogP contribution in [-0.4, -0.2) is 24.4 Å². The molecule has 4 nitrogen and oxygen atoms in total. The summed E-state index contributed by atoms with van der Waals surface area (Å²) in [7, 11) is 0. The van der Waals surface area contributed by atoms with Crippen molar-refractivity contribution in [2.24, 2.45) is 11.8 Å². The molecule has 1 unspecified atom stereocenters. The Morgan fingerprint density at radius 1 is 0.923 bits per heavy atom. The van der Waals surface area contributed by atoms with Crippen molar-refractivity contribution in [2.45, 2.75) is 24.9 Å². The number of benzene rings is 2. The van der Waals surface area contributed by atoms with E-state index in [4.69, 9.17) is 0 Å². The Hall–Kier alpha value is -1.98. The van der Waals surface area contributed by atoms with E-state index in [9.17, 15) is 9.59 Å². The third kappa shape index (κ3) is 2.23. The minimum atomic E-state index is -0.246. The van der Waals surface area contributed by atoms with Crippen LogP contribution in [-0.2, 0) is 9.59 Å². The maximum atomic E-state index is 13.4. The number of carbonyl (C=O) groups excluding carboxylic acids is 2. The average Bonchev–Trinajstić information content (AvgIpc) is 3.29. The van der Waals surface area contributed by atoms with E-state index < -0.39 is 0 Å². The van der Waals surface area contributed by atoms with E-state index in [2.05, 4.69) is 28.1 Å². The molecule has 5 rings (SSSR count). The first kappa shape index (κ1) is 16.2. The van der Waals surface area contributed by atoms with Crippen LogP contribution in [0.15, 0.2) is 59.1 Å². The Kier molecular flexibility index (Phi) is 3.76. The van der Waals surface area contributed by atoms with Crippen molar-refractivity contribution in [3.63, 3.8) is 0 Å². The molecule has 5 heteroatoms. The highest BCUT2D eigenvalue weighted by Gasteiger charge is 2.66. The molecule has 0 spiro atoms. The standard InChI is InChI=1S/C21H19BrN2O2/c22-14-10-8-13(9-11-14)19-18-17(16-7-4-12-23(16)19)20(25)24(21(18)26)15-5-2-1-3-6-15/h1-3,5-6,8-11,16-19H,4,7,12H2/p+1/t16-,17+,18+,19-/m1/s1. The van der Waals surface area contributed by atoms with E-state index in [0.29, 0.717) is 5.69 Å². The second-order valence-corrected chi connectivity index (χ2v) is 8.42. The molecule has 0 aromatic heterocycles. The van der Waals surface area contributed by atoms with E-state index in [1.165, 1.54) is 15.4 Å². The topological polar surface area (TPSA) is 41.8 Å². The number of rotatable bonds is 2. The molecule has 132 valence electrons. The summed E-state index contributed by atoms with van der Waals surface area (Å²) >= 11 is 3.49. The predicted octanol–water partition coefficient (Wildman–Crippen LogP) is 2.36. The van der Waals surface area contributed by atoms with Crippen molar-refractivity contribution in [1.29, 1.82) is 0 Å². The van der Waals surface area contributed by atoms with Gasteiger partial charge in [-0.1, -0.05) is 46.3 Å². The molecule has 3 aliphatic rings. The van der Waals surface area contributed by atoms with Gasteiger partial charge in [0.15, 0.2) is 0 Å². The monoisotopic (exact) mass is 411 g/mol. The highest BCUT2D eigenvalue weighted by molar-refractivity contribution is 9.10. The molecule has 5 atom stereocenters. The van der Waals surface area contributed by atoms with Crippen LogP contribution >= 0.6 is 15.9 Å². The molecule has 2 aromatic carbocycles. The molecule has 26 heavy (non-hydrogen) atoms. The van der Waals surface area contributed by atoms with Crippen molar-refractivity contribution in [1.82, 2.24) is 0 Å². The maximum Gasteiger partial charge on any atom is 0.244 e. The number of hydrogen-bond acceptors (Lipinski definition) is 2. The lowest BCUT2D eigenvalue weighted by molar-refractivity contribution is -0.931. The van der Waals surface area contributed by atoms with E-state index in [1.54, 1.807) is 0 Å². The molecule has 0 saturated carbocycles. The van der Waals surface area contributed by atoms with Gasteiger partial charge in [-0.25, -0.2) is 4.90 Å². The summed E-state index contributed by atoms with van der Waals surface area (Å²) in [6.45, 7) is 1.05. The zero-order valence-corrected chi connectivity index (χ0v) is 15.9. The summed E-state index contributed by atoms with van der Waals surface area (Å²) in [5.74, 6) is -0.464. The largest absolute Gasteiger partial charge is 0.325 e. The second kappa shape index (κ2) is 6.03. The Labute approximate surface area is 160 Å². The molecule has 2 amide bonds. The van der Waals surface area contributed by atoms with Crippen LogP contribution in [0.25, 0.3) is 0 Å². The van der Waals surface area contributed by atoms with E-state index in [0.717, 1.165) is 23.9 Å². The summed E-state index contributed by atoms with van der Waals surface area (Å²) in [5, 5.41) is 0. The normalized spacial score (nSPS) is 32.8. The molecule has 3 saturated heterocycles. The molecule has 0 radical (unpaired) electrons. The number of quaternary nitrogens is 1. The Morgan fingerprint density at radius 3 is 2.35 bits per heavy atom. The minimum Gasteiger partial charge on any atom is -0.325 e. The molecule has 1 N–H and O–H groups in total. The van der Waals surface area contributed by atoms with Crippen molar-refractivity contribution in [3.05, 3.63) is 64.6 Å². The zero-order valence-electron chi connectivity index (χ0n) is 14.3. The van der Waals surface area contributed by atoms with Gasteiger partial charge >= 0.3 is 0 Å². The lowest BCUT2D eigenvalue weighted by atomic mass is 9.85. The molecular weight excluding hydrogens is 392 g/mol. The van der Waals surface area contributed by atoms with Gasteiger partial charge in [-0.3, -0.25) is 9.59 Å². The second-order valence-electron chi connectivity index (χ2n) is 7.50. The summed E-state index contributed by atoms with van der Waals surface area (Å²) in [4.78, 5) is 29.5. The van der Waals surface area contributed by atoms with Gasteiger partial charge in [0.25, 0.3) is 0 Å². The fourth-order valence-electron chi connectivity index (χ4n) is 5.33. The highest BCUT2D eigenvalue weighted by Crippen LogP contribution is 2.44. The molecular formula is C21H20BrN2O2+. The van der Waals surface area contributed by atoms with Crippen LogP contribution < -0.4 is 9.80 Å². The van der Waals surface area contributed by atoms with Crippen molar-refractivity contribution in [3.8, 4) is 0 Å². The van der Waals surface area contributed by atoms with Gasteiger partial charge < -0.3 is 4.90 Å². The van der Waals surface area contributed by atoms with Gasteiger partial charge in [-0.2, -0.15) is 0 Å². The molecule has 0 aliphatic carbocycles. The summed E-state index contributed by atoms with van der Waals surface area (Å²) in [5.41, 5.74) is 1.87. The van der Waals surface area contributed by atoms with Crippen molar-refractivity contribution in [2.75, 3.05) is 11.4 Å². The minimum absolute atomic E-state index is 0.00443. The number of imide groups is 1. The molecule has 2 aromatic rings. The first-order valence-electron chi connectivity index (χ1n) is 9.21. The molecule has 3 aliphatic heterocycles. The van der Waals surface area contributed by atoms with Gasteiger partial charge in [0.05, 0.1) is 12.2 Å². The Bertz CT molecular complexity index is 867. The van der Waals surface area contributed by atoms with Crippen molar-refractivity contribution < 1.29 is 14.5 Å². The van der Waals surface area contributed by atoms with Crippen LogP contribution in [0.1, 0.15) is 24.4 Å². The maximum absolute atomic E-state index is 13.4. The zero-order chi connectivity index (χ0) is 17.8. The first-order valence-corrected chi connectivity index (χ1v) is 10.00. The number of fused-ring (bicyclic) bond motifs is 3. The third-order valence-electron chi connectivity index (χ3n) is 6.29. The predicted molar refractivity (Wildman–Crippen MR) is 102 cm³/mol.